The highest BCUT2D eigenvalue weighted by molar-refractivity contribution is 7.98. The van der Waals surface area contributed by atoms with E-state index < -0.39 is 17.2 Å². The molecule has 4 rings (SSSR count). The fourth-order valence-corrected chi connectivity index (χ4v) is 4.49. The van der Waals surface area contributed by atoms with Crippen LogP contribution in [-0.2, 0) is 5.72 Å². The van der Waals surface area contributed by atoms with Gasteiger partial charge in [-0.05, 0) is 25.0 Å². The van der Waals surface area contributed by atoms with Gasteiger partial charge in [0.25, 0.3) is 0 Å². The summed E-state index contributed by atoms with van der Waals surface area (Å²) in [7, 11) is 0. The van der Waals surface area contributed by atoms with Crippen LogP contribution in [0.25, 0.3) is 11.2 Å². The van der Waals surface area contributed by atoms with Crippen molar-refractivity contribution >= 4 is 28.7 Å². The molecule has 2 saturated carbocycles. The van der Waals surface area contributed by atoms with E-state index in [0.717, 1.165) is 6.42 Å². The van der Waals surface area contributed by atoms with E-state index in [1.54, 1.807) is 0 Å². The first-order valence-corrected chi connectivity index (χ1v) is 8.75. The molecule has 23 heavy (non-hydrogen) atoms. The molecular formula is C14H19N5O3S. The minimum absolute atomic E-state index is 0.0872. The molecule has 2 fully saturated rings. The Kier molecular flexibility index (Phi) is 3.15. The maximum absolute atomic E-state index is 11.2. The number of fused-ring (bicyclic) bond motifs is 2. The molecule has 124 valence electrons. The van der Waals surface area contributed by atoms with Crippen LogP contribution in [0.1, 0.15) is 19.3 Å². The molecule has 5 N–H and O–H groups in total. The largest absolute Gasteiger partial charge is 0.396 e. The third-order valence-electron chi connectivity index (χ3n) is 5.60. The molecule has 0 aromatic carbocycles. The zero-order chi connectivity index (χ0) is 16.4. The quantitative estimate of drug-likeness (QED) is 0.452. The van der Waals surface area contributed by atoms with Crippen molar-refractivity contribution in [1.82, 2.24) is 19.5 Å². The minimum Gasteiger partial charge on any atom is -0.396 e. The van der Waals surface area contributed by atoms with Crippen LogP contribution < -0.4 is 5.73 Å². The van der Waals surface area contributed by atoms with Gasteiger partial charge in [-0.1, -0.05) is 11.8 Å². The van der Waals surface area contributed by atoms with Crippen molar-refractivity contribution in [2.24, 2.45) is 11.3 Å². The topological polar surface area (TPSA) is 130 Å². The zero-order valence-corrected chi connectivity index (χ0v) is 13.5. The van der Waals surface area contributed by atoms with Crippen LogP contribution >= 0.6 is 11.8 Å². The average Bonchev–Trinajstić information content (AvgIpc) is 3.02. The van der Waals surface area contributed by atoms with Crippen molar-refractivity contribution in [2.45, 2.75) is 36.2 Å². The number of aromatic nitrogens is 4. The van der Waals surface area contributed by atoms with E-state index >= 15 is 0 Å². The predicted octanol–water partition coefficient (Wildman–Crippen LogP) is -0.0712. The summed E-state index contributed by atoms with van der Waals surface area (Å²) in [6, 6.07) is 0. The summed E-state index contributed by atoms with van der Waals surface area (Å²) in [6.45, 7) is -0.138. The normalized spacial score (nSPS) is 36.2. The first kappa shape index (κ1) is 15.1. The van der Waals surface area contributed by atoms with Gasteiger partial charge in [0.1, 0.15) is 11.6 Å². The first-order valence-electron chi connectivity index (χ1n) is 7.52. The van der Waals surface area contributed by atoms with Gasteiger partial charge >= 0.3 is 0 Å². The maximum Gasteiger partial charge on any atom is 0.191 e. The molecule has 2 aromatic rings. The highest BCUT2D eigenvalue weighted by Crippen LogP contribution is 2.62. The summed E-state index contributed by atoms with van der Waals surface area (Å²) < 4.78 is 1.49. The van der Waals surface area contributed by atoms with Crippen LogP contribution in [-0.4, -0.2) is 53.8 Å². The number of rotatable bonds is 3. The fourth-order valence-electron chi connectivity index (χ4n) is 4.12. The number of nitrogens with zero attached hydrogens (tertiary/aromatic N) is 4. The van der Waals surface area contributed by atoms with Crippen LogP contribution in [0, 0.1) is 11.3 Å². The summed E-state index contributed by atoms with van der Waals surface area (Å²) in [4.78, 5) is 12.7. The predicted molar refractivity (Wildman–Crippen MR) is 84.6 cm³/mol. The molecule has 2 aliphatic carbocycles. The number of thioether (sulfide) groups is 1. The van der Waals surface area contributed by atoms with Gasteiger partial charge in [-0.25, -0.2) is 15.0 Å². The van der Waals surface area contributed by atoms with Crippen LogP contribution in [0.5, 0.6) is 0 Å². The van der Waals surface area contributed by atoms with Crippen LogP contribution in [0.15, 0.2) is 11.5 Å². The van der Waals surface area contributed by atoms with Crippen molar-refractivity contribution in [3.63, 3.8) is 0 Å². The minimum atomic E-state index is -1.55. The summed E-state index contributed by atoms with van der Waals surface area (Å²) in [5, 5.41) is 32.2. The molecule has 0 bridgehead atoms. The second kappa shape index (κ2) is 4.79. The molecule has 2 aromatic heterocycles. The van der Waals surface area contributed by atoms with Gasteiger partial charge < -0.3 is 21.1 Å². The highest BCUT2D eigenvalue weighted by Gasteiger charge is 2.66. The third-order valence-corrected chi connectivity index (χ3v) is 6.15. The van der Waals surface area contributed by atoms with Crippen LogP contribution in [0.2, 0.25) is 0 Å². The lowest BCUT2D eigenvalue weighted by molar-refractivity contribution is -0.162. The number of anilines is 1. The molecule has 0 amide bonds. The van der Waals surface area contributed by atoms with Gasteiger partial charge in [0.05, 0.1) is 12.9 Å². The third kappa shape index (κ3) is 1.76. The molecule has 0 spiro atoms. The Bertz CT molecular complexity index is 779. The number of hydrogen-bond acceptors (Lipinski definition) is 8. The molecule has 9 heteroatoms. The Balaban J connectivity index is 1.88. The number of nitrogens with two attached hydrogens (primary N) is 1. The van der Waals surface area contributed by atoms with E-state index in [0.29, 0.717) is 29.2 Å². The smallest absolute Gasteiger partial charge is 0.191 e. The molecule has 2 heterocycles. The second-order valence-electron chi connectivity index (χ2n) is 6.49. The summed E-state index contributed by atoms with van der Waals surface area (Å²) >= 11 is 1.34. The lowest BCUT2D eigenvalue weighted by Gasteiger charge is -2.45. The van der Waals surface area contributed by atoms with Crippen molar-refractivity contribution in [3.05, 3.63) is 6.33 Å². The highest BCUT2D eigenvalue weighted by atomic mass is 32.2. The summed E-state index contributed by atoms with van der Waals surface area (Å²) in [6.07, 6.45) is 4.15. The summed E-state index contributed by atoms with van der Waals surface area (Å²) in [5.41, 5.74) is 4.54. The van der Waals surface area contributed by atoms with E-state index in [4.69, 9.17) is 5.73 Å². The van der Waals surface area contributed by atoms with E-state index in [1.807, 2.05) is 6.26 Å². The molecule has 2 aliphatic rings. The molecule has 4 atom stereocenters. The SMILES string of the molecule is CSc1nc(N)c2ncn([C@@]3(O)C[C@H]4CC[C@@]4(CO)[C@H]3O)c2n1. The van der Waals surface area contributed by atoms with E-state index in [2.05, 4.69) is 15.0 Å². The van der Waals surface area contributed by atoms with Gasteiger partial charge in [0.2, 0.25) is 0 Å². The van der Waals surface area contributed by atoms with Crippen molar-refractivity contribution in [3.8, 4) is 0 Å². The Labute approximate surface area is 136 Å². The molecule has 0 saturated heterocycles. The fraction of sp³-hybridized carbons (Fsp3) is 0.643. The van der Waals surface area contributed by atoms with Crippen molar-refractivity contribution in [1.29, 1.82) is 0 Å². The first-order chi connectivity index (χ1) is 11.0. The Morgan fingerprint density at radius 1 is 1.48 bits per heavy atom. The molecule has 0 radical (unpaired) electrons. The van der Waals surface area contributed by atoms with Gasteiger partial charge in [0, 0.05) is 11.8 Å². The number of aliphatic hydroxyl groups is 3. The number of aliphatic hydroxyl groups excluding tert-OH is 2. The monoisotopic (exact) mass is 337 g/mol. The molecule has 0 aliphatic heterocycles. The van der Waals surface area contributed by atoms with E-state index in [9.17, 15) is 15.3 Å². The van der Waals surface area contributed by atoms with E-state index in [1.165, 1.54) is 22.7 Å². The Hall–Kier alpha value is -1.42. The second-order valence-corrected chi connectivity index (χ2v) is 7.27. The van der Waals surface area contributed by atoms with E-state index in [-0.39, 0.29) is 18.3 Å². The number of imidazole rings is 1. The number of hydrogen-bond donors (Lipinski definition) is 4. The van der Waals surface area contributed by atoms with Crippen LogP contribution in [0.3, 0.4) is 0 Å². The van der Waals surface area contributed by atoms with Gasteiger partial charge in [-0.2, -0.15) is 0 Å². The van der Waals surface area contributed by atoms with Gasteiger partial charge in [-0.3, -0.25) is 4.57 Å². The standard InChI is InChI=1S/C14H19N5O3S/c1-23-12-17-9(15)8-10(18-12)19(6-16-8)14(22)4-7-2-3-13(7,5-20)11(14)21/h6-7,11,20-22H,2-5H2,1H3,(H2,15,17,18)/t7-,11-,13+,14-/m1/s1. The maximum atomic E-state index is 11.2. The molecular weight excluding hydrogens is 318 g/mol. The van der Waals surface area contributed by atoms with Crippen LogP contribution in [0.4, 0.5) is 5.82 Å². The lowest BCUT2D eigenvalue weighted by atomic mass is 9.61. The van der Waals surface area contributed by atoms with Crippen molar-refractivity contribution < 1.29 is 15.3 Å². The van der Waals surface area contributed by atoms with Crippen molar-refractivity contribution in [2.75, 3.05) is 18.6 Å². The molecule has 0 unspecified atom stereocenters. The average molecular weight is 337 g/mol. The lowest BCUT2D eigenvalue weighted by Crippen LogP contribution is -2.52. The van der Waals surface area contributed by atoms with Gasteiger partial charge in [0.15, 0.2) is 22.3 Å². The molecule has 8 nitrogen and oxygen atoms in total. The summed E-state index contributed by atoms with van der Waals surface area (Å²) in [5.74, 6) is 0.332. The van der Waals surface area contributed by atoms with Gasteiger partial charge in [-0.15, -0.1) is 0 Å². The number of nitrogen functional groups attached to an aromatic ring is 1. The Morgan fingerprint density at radius 2 is 2.26 bits per heavy atom. The zero-order valence-electron chi connectivity index (χ0n) is 12.7. The Morgan fingerprint density at radius 3 is 2.83 bits per heavy atom.